The van der Waals surface area contributed by atoms with E-state index in [1.807, 2.05) is 0 Å². The fraction of sp³-hybridized carbons (Fsp3) is 0.143. The lowest BCUT2D eigenvalue weighted by atomic mass is 10.2. The van der Waals surface area contributed by atoms with E-state index in [4.69, 9.17) is 0 Å². The van der Waals surface area contributed by atoms with E-state index in [0.29, 0.717) is 0 Å². The molecule has 0 N–H and O–H groups in total. The smallest absolute Gasteiger partial charge is 0.136 e. The summed E-state index contributed by atoms with van der Waals surface area (Å²) in [5.74, 6) is 0. The first-order chi connectivity index (χ1) is 10.2. The molecule has 21 heavy (non-hydrogen) atoms. The first-order valence-corrected chi connectivity index (χ1v) is 8.71. The van der Waals surface area contributed by atoms with Crippen LogP contribution in [0.5, 0.6) is 0 Å². The van der Waals surface area contributed by atoms with Crippen molar-refractivity contribution in [2.75, 3.05) is 0 Å². The molecule has 0 aromatic carbocycles. The molecule has 0 radical (unpaired) electrons. The zero-order valence-electron chi connectivity index (χ0n) is 11.3. The summed E-state index contributed by atoms with van der Waals surface area (Å²) in [6.07, 6.45) is 0. The Morgan fingerprint density at radius 3 is 1.57 bits per heavy atom. The first kappa shape index (κ1) is 13.0. The van der Waals surface area contributed by atoms with E-state index >= 15 is 0 Å². The Bertz CT molecular complexity index is 860. The quantitative estimate of drug-likeness (QED) is 0.541. The third kappa shape index (κ3) is 2.17. The van der Waals surface area contributed by atoms with E-state index in [2.05, 4.69) is 57.1 Å². The second kappa shape index (κ2) is 4.94. The average Bonchev–Trinajstić information content (AvgIpc) is 3.18. The lowest BCUT2D eigenvalue weighted by molar-refractivity contribution is 1.06. The first-order valence-electron chi connectivity index (χ1n) is 6.35. The van der Waals surface area contributed by atoms with Gasteiger partial charge < -0.3 is 0 Å². The summed E-state index contributed by atoms with van der Waals surface area (Å²) < 4.78 is 8.87. The van der Waals surface area contributed by atoms with E-state index in [9.17, 15) is 0 Å². The van der Waals surface area contributed by atoms with Gasteiger partial charge in [0.1, 0.15) is 22.4 Å². The molecule has 4 aromatic heterocycles. The summed E-state index contributed by atoms with van der Waals surface area (Å²) in [6.45, 7) is 4.17. The number of nitrogens with zero attached hydrogens (tertiary/aromatic N) is 4. The molecule has 0 aliphatic carbocycles. The lowest BCUT2D eigenvalue weighted by Crippen LogP contribution is -1.92. The van der Waals surface area contributed by atoms with Gasteiger partial charge in [-0.2, -0.15) is 8.75 Å². The average molecular weight is 330 g/mol. The van der Waals surface area contributed by atoms with E-state index in [0.717, 1.165) is 32.2 Å². The molecule has 0 atom stereocenters. The van der Waals surface area contributed by atoms with Crippen molar-refractivity contribution >= 4 is 45.4 Å². The van der Waals surface area contributed by atoms with Crippen LogP contribution in [0.4, 0.5) is 0 Å². The fourth-order valence-electron chi connectivity index (χ4n) is 2.15. The van der Waals surface area contributed by atoms with Crippen LogP contribution in [0.15, 0.2) is 24.3 Å². The van der Waals surface area contributed by atoms with E-state index in [1.165, 1.54) is 21.5 Å². The summed E-state index contributed by atoms with van der Waals surface area (Å²) in [6, 6.07) is 8.31. The predicted molar refractivity (Wildman–Crippen MR) is 89.1 cm³/mol. The van der Waals surface area contributed by atoms with Crippen LogP contribution in [0.3, 0.4) is 0 Å². The largest absolute Gasteiger partial charge is 0.170 e. The van der Waals surface area contributed by atoms with E-state index < -0.39 is 0 Å². The molecule has 0 fully saturated rings. The molecule has 0 aliphatic heterocycles. The van der Waals surface area contributed by atoms with Crippen molar-refractivity contribution in [1.82, 2.24) is 18.9 Å². The summed E-state index contributed by atoms with van der Waals surface area (Å²) in [5, 5.41) is 8.84. The highest BCUT2D eigenvalue weighted by Gasteiger charge is 2.18. The Morgan fingerprint density at radius 2 is 1.19 bits per heavy atom. The molecule has 7 heteroatoms. The lowest BCUT2D eigenvalue weighted by Gasteiger charge is -2.00. The van der Waals surface area contributed by atoms with Crippen LogP contribution in [0, 0.1) is 13.8 Å². The van der Waals surface area contributed by atoms with Gasteiger partial charge in [0.2, 0.25) is 0 Å². The summed E-state index contributed by atoms with van der Waals surface area (Å²) in [7, 11) is 0. The second-order valence-corrected chi connectivity index (χ2v) is 7.78. The number of rotatable bonds is 2. The van der Waals surface area contributed by atoms with Gasteiger partial charge in [0, 0.05) is 9.75 Å². The van der Waals surface area contributed by atoms with Gasteiger partial charge in [-0.05, 0) is 38.1 Å². The van der Waals surface area contributed by atoms with Gasteiger partial charge in [0.15, 0.2) is 0 Å². The van der Waals surface area contributed by atoms with Crippen molar-refractivity contribution in [3.8, 4) is 21.1 Å². The molecule has 4 aromatic rings. The van der Waals surface area contributed by atoms with Gasteiger partial charge in [-0.15, -0.1) is 32.9 Å². The Balaban J connectivity index is 1.96. The Labute approximate surface area is 133 Å². The zero-order chi connectivity index (χ0) is 14.4. The fourth-order valence-corrected chi connectivity index (χ4v) is 4.41. The molecule has 0 spiro atoms. The Hall–Kier alpha value is -1.70. The molecule has 104 valence electrons. The van der Waals surface area contributed by atoms with Crippen LogP contribution in [0.2, 0.25) is 0 Å². The normalized spacial score (nSPS) is 11.3. The number of hydrogen-bond donors (Lipinski definition) is 0. The Morgan fingerprint density at radius 1 is 0.714 bits per heavy atom. The van der Waals surface area contributed by atoms with Crippen LogP contribution in [-0.2, 0) is 0 Å². The van der Waals surface area contributed by atoms with Gasteiger partial charge in [0.05, 0.1) is 21.5 Å². The number of thiophene rings is 2. The van der Waals surface area contributed by atoms with Crippen molar-refractivity contribution < 1.29 is 0 Å². The predicted octanol–water partition coefficient (Wildman–Crippen LogP) is 4.56. The van der Waals surface area contributed by atoms with Crippen LogP contribution in [0.1, 0.15) is 9.75 Å². The zero-order valence-corrected chi connectivity index (χ0v) is 13.8. The van der Waals surface area contributed by atoms with Gasteiger partial charge in [-0.25, -0.2) is 0 Å². The van der Waals surface area contributed by atoms with Crippen molar-refractivity contribution in [1.29, 1.82) is 0 Å². The molecule has 0 unspecified atom stereocenters. The van der Waals surface area contributed by atoms with Crippen molar-refractivity contribution in [3.63, 3.8) is 0 Å². The maximum absolute atomic E-state index is 4.44. The summed E-state index contributed by atoms with van der Waals surface area (Å²) in [4.78, 5) is 4.68. The van der Waals surface area contributed by atoms with Gasteiger partial charge in [0.25, 0.3) is 0 Å². The highest BCUT2D eigenvalue weighted by molar-refractivity contribution is 7.16. The number of fused-ring (bicyclic) bond motifs is 1. The van der Waals surface area contributed by atoms with E-state index in [-0.39, 0.29) is 0 Å². The highest BCUT2D eigenvalue weighted by atomic mass is 32.1. The minimum absolute atomic E-state index is 0.828. The van der Waals surface area contributed by atoms with Gasteiger partial charge >= 0.3 is 0 Å². The third-order valence-corrected chi connectivity index (χ3v) is 5.68. The molecule has 0 saturated heterocycles. The number of aryl methyl sites for hydroxylation is 2. The second-order valence-electron chi connectivity index (χ2n) is 4.68. The van der Waals surface area contributed by atoms with Crippen LogP contribution in [0.25, 0.3) is 32.2 Å². The van der Waals surface area contributed by atoms with Crippen LogP contribution in [-0.4, -0.2) is 18.9 Å². The number of hydrogen-bond acceptors (Lipinski definition) is 7. The molecule has 0 aliphatic rings. The van der Waals surface area contributed by atoms with Crippen molar-refractivity contribution in [3.05, 3.63) is 34.0 Å². The standard InChI is InChI=1S/C14H10N4S3/c1-7-3-5-9(19-7)11-13-14(18-21-17-13)12(16-15-11)10-6-4-8(2)20-10/h3-6H,1-2H3. The van der Waals surface area contributed by atoms with Crippen LogP contribution < -0.4 is 0 Å². The third-order valence-electron chi connectivity index (χ3n) is 3.13. The molecule has 4 nitrogen and oxygen atoms in total. The minimum Gasteiger partial charge on any atom is -0.170 e. The molecule has 0 bridgehead atoms. The molecule has 4 heterocycles. The molecular formula is C14H10N4S3. The minimum atomic E-state index is 0.828. The molecule has 0 saturated carbocycles. The molecular weight excluding hydrogens is 320 g/mol. The maximum atomic E-state index is 4.44. The SMILES string of the molecule is Cc1ccc(-c2nnc(-c3ccc(C)s3)c3nsnc23)s1. The maximum Gasteiger partial charge on any atom is 0.136 e. The van der Waals surface area contributed by atoms with Crippen LogP contribution >= 0.6 is 34.4 Å². The summed E-state index contributed by atoms with van der Waals surface area (Å²) >= 11 is 4.62. The van der Waals surface area contributed by atoms with E-state index in [1.54, 1.807) is 22.7 Å². The monoisotopic (exact) mass is 330 g/mol. The molecule has 0 amide bonds. The number of aromatic nitrogens is 4. The van der Waals surface area contributed by atoms with Crippen molar-refractivity contribution in [2.24, 2.45) is 0 Å². The highest BCUT2D eigenvalue weighted by Crippen LogP contribution is 2.35. The van der Waals surface area contributed by atoms with Gasteiger partial charge in [-0.1, -0.05) is 0 Å². The Kier molecular flexibility index (Phi) is 3.06. The topological polar surface area (TPSA) is 51.6 Å². The van der Waals surface area contributed by atoms with Crippen molar-refractivity contribution in [2.45, 2.75) is 13.8 Å². The summed E-state index contributed by atoms with van der Waals surface area (Å²) in [5.41, 5.74) is 3.35. The molecule has 4 rings (SSSR count). The van der Waals surface area contributed by atoms with Gasteiger partial charge in [-0.3, -0.25) is 0 Å².